The van der Waals surface area contributed by atoms with Crippen molar-refractivity contribution in [1.82, 2.24) is 9.80 Å². The van der Waals surface area contributed by atoms with Crippen molar-refractivity contribution in [2.45, 2.75) is 45.2 Å². The second-order valence-corrected chi connectivity index (χ2v) is 6.05. The van der Waals surface area contributed by atoms with E-state index in [1.807, 2.05) is 40.1 Å². The number of hydrogen-bond donors (Lipinski definition) is 1. The predicted octanol–water partition coefficient (Wildman–Crippen LogP) is 1.77. The average Bonchev–Trinajstić information content (AvgIpc) is 2.73. The lowest BCUT2D eigenvalue weighted by molar-refractivity contribution is -0.133. The molecule has 1 aliphatic rings. The molecule has 0 unspecified atom stereocenters. The first-order valence-corrected chi connectivity index (χ1v) is 8.47. The summed E-state index contributed by atoms with van der Waals surface area (Å²) in [5.41, 5.74) is 6.61. The molecule has 5 heteroatoms. The Labute approximate surface area is 138 Å². The van der Waals surface area contributed by atoms with Crippen molar-refractivity contribution >= 4 is 11.8 Å². The van der Waals surface area contributed by atoms with E-state index in [0.29, 0.717) is 45.4 Å². The third-order valence-electron chi connectivity index (χ3n) is 4.40. The van der Waals surface area contributed by atoms with Gasteiger partial charge in [0, 0.05) is 38.5 Å². The van der Waals surface area contributed by atoms with Crippen molar-refractivity contribution in [3.8, 4) is 0 Å². The normalized spacial score (nSPS) is 18.9. The van der Waals surface area contributed by atoms with Crippen molar-refractivity contribution in [2.24, 2.45) is 5.73 Å². The van der Waals surface area contributed by atoms with Gasteiger partial charge in [0.25, 0.3) is 0 Å². The molecule has 1 aromatic carbocycles. The summed E-state index contributed by atoms with van der Waals surface area (Å²) in [4.78, 5) is 28.6. The molecule has 1 atom stereocenters. The molecule has 1 fully saturated rings. The van der Waals surface area contributed by atoms with E-state index >= 15 is 0 Å². The van der Waals surface area contributed by atoms with E-state index in [0.717, 1.165) is 12.0 Å². The number of rotatable bonds is 6. The van der Waals surface area contributed by atoms with E-state index in [2.05, 4.69) is 6.92 Å². The molecule has 0 saturated carbocycles. The van der Waals surface area contributed by atoms with Crippen molar-refractivity contribution in [3.05, 3.63) is 35.9 Å². The van der Waals surface area contributed by atoms with Gasteiger partial charge in [0.2, 0.25) is 11.8 Å². The summed E-state index contributed by atoms with van der Waals surface area (Å²) in [6, 6.07) is 10.1. The maximum absolute atomic E-state index is 12.5. The van der Waals surface area contributed by atoms with Crippen LogP contribution < -0.4 is 5.73 Å². The first-order chi connectivity index (χ1) is 11.2. The van der Waals surface area contributed by atoms with E-state index in [1.165, 1.54) is 0 Å². The topological polar surface area (TPSA) is 66.6 Å². The van der Waals surface area contributed by atoms with Crippen LogP contribution in [-0.4, -0.2) is 47.3 Å². The Morgan fingerprint density at radius 3 is 2.70 bits per heavy atom. The molecule has 1 aromatic rings. The fourth-order valence-corrected chi connectivity index (χ4v) is 3.01. The maximum atomic E-state index is 12.5. The zero-order valence-electron chi connectivity index (χ0n) is 13.9. The number of nitrogens with zero attached hydrogens (tertiary/aromatic N) is 2. The van der Waals surface area contributed by atoms with Crippen molar-refractivity contribution in [2.75, 3.05) is 19.6 Å². The van der Waals surface area contributed by atoms with Crippen molar-refractivity contribution < 1.29 is 9.59 Å². The molecule has 5 nitrogen and oxygen atoms in total. The zero-order valence-corrected chi connectivity index (χ0v) is 13.9. The van der Waals surface area contributed by atoms with E-state index in [4.69, 9.17) is 5.73 Å². The van der Waals surface area contributed by atoms with Gasteiger partial charge in [-0.2, -0.15) is 0 Å². The van der Waals surface area contributed by atoms with Crippen LogP contribution in [0.25, 0.3) is 0 Å². The van der Waals surface area contributed by atoms with Crippen molar-refractivity contribution in [1.29, 1.82) is 0 Å². The second-order valence-electron chi connectivity index (χ2n) is 6.05. The molecule has 0 radical (unpaired) electrons. The molecule has 2 rings (SSSR count). The lowest BCUT2D eigenvalue weighted by atomic mass is 10.1. The highest BCUT2D eigenvalue weighted by atomic mass is 16.2. The summed E-state index contributed by atoms with van der Waals surface area (Å²) < 4.78 is 0. The van der Waals surface area contributed by atoms with Gasteiger partial charge < -0.3 is 15.5 Å². The monoisotopic (exact) mass is 317 g/mol. The van der Waals surface area contributed by atoms with Crippen LogP contribution in [0.3, 0.4) is 0 Å². The van der Waals surface area contributed by atoms with Gasteiger partial charge in [0.1, 0.15) is 0 Å². The molecule has 0 aromatic heterocycles. The summed E-state index contributed by atoms with van der Waals surface area (Å²) in [7, 11) is 0. The highest BCUT2D eigenvalue weighted by Crippen LogP contribution is 2.18. The number of carbonyl (C=O) groups is 2. The number of benzene rings is 1. The standard InChI is InChI=1S/C18H27N3O2/c1-2-16-14-20(17(22)9-6-11-19)12-10-18(23)21(16)13-15-7-4-3-5-8-15/h3-5,7-8,16H,2,6,9-14,19H2,1H3/t16-/m1/s1. The quantitative estimate of drug-likeness (QED) is 0.869. The van der Waals surface area contributed by atoms with Crippen LogP contribution >= 0.6 is 0 Å². The summed E-state index contributed by atoms with van der Waals surface area (Å²) in [6.45, 7) is 4.35. The molecule has 0 aliphatic carbocycles. The Bertz CT molecular complexity index is 518. The molecule has 1 aliphatic heterocycles. The van der Waals surface area contributed by atoms with Gasteiger partial charge in [-0.1, -0.05) is 37.3 Å². The number of nitrogens with two attached hydrogens (primary N) is 1. The highest BCUT2D eigenvalue weighted by molar-refractivity contribution is 5.80. The van der Waals surface area contributed by atoms with Gasteiger partial charge in [-0.05, 0) is 24.9 Å². The molecule has 2 N–H and O–H groups in total. The van der Waals surface area contributed by atoms with Crippen LogP contribution in [0.5, 0.6) is 0 Å². The van der Waals surface area contributed by atoms with Gasteiger partial charge in [-0.25, -0.2) is 0 Å². The van der Waals surface area contributed by atoms with E-state index < -0.39 is 0 Å². The highest BCUT2D eigenvalue weighted by Gasteiger charge is 2.30. The lowest BCUT2D eigenvalue weighted by Gasteiger charge is -2.31. The molecule has 2 amide bonds. The van der Waals surface area contributed by atoms with Crippen LogP contribution in [-0.2, 0) is 16.1 Å². The summed E-state index contributed by atoms with van der Waals surface area (Å²) in [5.74, 6) is 0.248. The minimum absolute atomic E-state index is 0.0760. The molecule has 0 spiro atoms. The zero-order chi connectivity index (χ0) is 16.7. The van der Waals surface area contributed by atoms with Crippen LogP contribution in [0.2, 0.25) is 0 Å². The molecule has 1 saturated heterocycles. The van der Waals surface area contributed by atoms with Crippen molar-refractivity contribution in [3.63, 3.8) is 0 Å². The molecule has 0 bridgehead atoms. The Morgan fingerprint density at radius 2 is 2.04 bits per heavy atom. The van der Waals surface area contributed by atoms with Gasteiger partial charge in [-0.3, -0.25) is 9.59 Å². The number of amides is 2. The smallest absolute Gasteiger partial charge is 0.224 e. The van der Waals surface area contributed by atoms with Crippen LogP contribution in [0.15, 0.2) is 30.3 Å². The number of carbonyl (C=O) groups excluding carboxylic acids is 2. The van der Waals surface area contributed by atoms with Gasteiger partial charge >= 0.3 is 0 Å². The second kappa shape index (κ2) is 8.67. The minimum atomic E-state index is 0.0760. The maximum Gasteiger partial charge on any atom is 0.224 e. The SMILES string of the molecule is CC[C@@H]1CN(C(=O)CCCN)CCC(=O)N1Cc1ccccc1. The number of hydrogen-bond acceptors (Lipinski definition) is 3. The fraction of sp³-hybridized carbons (Fsp3) is 0.556. The Balaban J connectivity index is 2.08. The Morgan fingerprint density at radius 1 is 1.30 bits per heavy atom. The van der Waals surface area contributed by atoms with Gasteiger partial charge in [0.15, 0.2) is 0 Å². The summed E-state index contributed by atoms with van der Waals surface area (Å²) in [5, 5.41) is 0. The van der Waals surface area contributed by atoms with Crippen LogP contribution in [0, 0.1) is 0 Å². The lowest BCUT2D eigenvalue weighted by Crippen LogP contribution is -2.43. The first kappa shape index (κ1) is 17.5. The Kier molecular flexibility index (Phi) is 6.59. The first-order valence-electron chi connectivity index (χ1n) is 8.47. The summed E-state index contributed by atoms with van der Waals surface area (Å²) >= 11 is 0. The Hall–Kier alpha value is -1.88. The molecular formula is C18H27N3O2. The van der Waals surface area contributed by atoms with Gasteiger partial charge in [0.05, 0.1) is 0 Å². The van der Waals surface area contributed by atoms with Crippen LogP contribution in [0.4, 0.5) is 0 Å². The summed E-state index contributed by atoms with van der Waals surface area (Å²) in [6.07, 6.45) is 2.42. The van der Waals surface area contributed by atoms with Gasteiger partial charge in [-0.15, -0.1) is 0 Å². The minimum Gasteiger partial charge on any atom is -0.340 e. The van der Waals surface area contributed by atoms with Crippen LogP contribution in [0.1, 0.15) is 38.2 Å². The van der Waals surface area contributed by atoms with E-state index in [1.54, 1.807) is 0 Å². The van der Waals surface area contributed by atoms with E-state index in [-0.39, 0.29) is 17.9 Å². The largest absolute Gasteiger partial charge is 0.340 e. The average molecular weight is 317 g/mol. The molecular weight excluding hydrogens is 290 g/mol. The molecule has 1 heterocycles. The van der Waals surface area contributed by atoms with E-state index in [9.17, 15) is 9.59 Å². The molecule has 126 valence electrons. The fourth-order valence-electron chi connectivity index (χ4n) is 3.01. The third-order valence-corrected chi connectivity index (χ3v) is 4.40. The molecule has 23 heavy (non-hydrogen) atoms. The third kappa shape index (κ3) is 4.79. The predicted molar refractivity (Wildman–Crippen MR) is 90.6 cm³/mol.